The van der Waals surface area contributed by atoms with Crippen molar-refractivity contribution < 1.29 is 24.4 Å². The molecule has 0 saturated carbocycles. The molecule has 7 nitrogen and oxygen atoms in total. The molecule has 0 atom stereocenters. The number of rotatable bonds is 5. The van der Waals surface area contributed by atoms with Gasteiger partial charge >= 0.3 is 0 Å². The number of hydrogen-bond donors (Lipinski definition) is 2. The molecule has 0 radical (unpaired) electrons. The fourth-order valence-corrected chi connectivity index (χ4v) is 3.37. The van der Waals surface area contributed by atoms with Gasteiger partial charge in [0, 0.05) is 18.2 Å². The second-order valence-corrected chi connectivity index (χ2v) is 6.34. The van der Waals surface area contributed by atoms with Crippen molar-refractivity contribution in [2.75, 3.05) is 21.3 Å². The number of methoxy groups -OCH3 is 3. The van der Waals surface area contributed by atoms with Crippen molar-refractivity contribution >= 4 is 11.0 Å². The Kier molecular flexibility index (Phi) is 4.64. The molecule has 1 heterocycles. The highest BCUT2D eigenvalue weighted by Gasteiger charge is 2.20. The molecular formula is C22H20N2O5. The summed E-state index contributed by atoms with van der Waals surface area (Å²) >= 11 is 0. The molecule has 0 bridgehead atoms. The van der Waals surface area contributed by atoms with Crippen LogP contribution in [0.15, 0.2) is 54.6 Å². The van der Waals surface area contributed by atoms with Crippen LogP contribution in [0.2, 0.25) is 0 Å². The number of phenols is 2. The summed E-state index contributed by atoms with van der Waals surface area (Å²) in [6.07, 6.45) is 0. The molecule has 0 amide bonds. The lowest BCUT2D eigenvalue weighted by molar-refractivity contribution is 0.324. The number of para-hydroxylation sites is 2. The van der Waals surface area contributed by atoms with Crippen LogP contribution in [0.5, 0.6) is 28.7 Å². The van der Waals surface area contributed by atoms with Crippen molar-refractivity contribution in [1.29, 1.82) is 0 Å². The van der Waals surface area contributed by atoms with Crippen LogP contribution in [0.25, 0.3) is 28.1 Å². The standard InChI is InChI=1S/C22H20N2O5/c1-27-19-10-13(11-20(28-2)21(19)29-3)24-17-7-5-4-6-16(17)23-22(24)15-9-8-14(25)12-18(15)26/h4-12,25-26H,1-3H3. The topological polar surface area (TPSA) is 86.0 Å². The Bertz CT molecular complexity index is 1170. The molecule has 0 unspecified atom stereocenters. The molecule has 0 aliphatic carbocycles. The van der Waals surface area contributed by atoms with Gasteiger partial charge in [-0.1, -0.05) is 12.1 Å². The highest BCUT2D eigenvalue weighted by Crippen LogP contribution is 2.42. The Morgan fingerprint density at radius 3 is 2.14 bits per heavy atom. The Hall–Kier alpha value is -3.87. The van der Waals surface area contributed by atoms with E-state index in [9.17, 15) is 10.2 Å². The van der Waals surface area contributed by atoms with E-state index in [-0.39, 0.29) is 11.5 Å². The van der Waals surface area contributed by atoms with E-state index in [2.05, 4.69) is 0 Å². The van der Waals surface area contributed by atoms with Crippen molar-refractivity contribution in [3.05, 3.63) is 54.6 Å². The average molecular weight is 392 g/mol. The number of benzene rings is 3. The van der Waals surface area contributed by atoms with Gasteiger partial charge in [0.15, 0.2) is 11.5 Å². The number of fused-ring (bicyclic) bond motifs is 1. The molecule has 29 heavy (non-hydrogen) atoms. The first-order valence-electron chi connectivity index (χ1n) is 8.87. The van der Waals surface area contributed by atoms with E-state index in [1.165, 1.54) is 12.1 Å². The van der Waals surface area contributed by atoms with E-state index in [0.717, 1.165) is 16.7 Å². The predicted molar refractivity (Wildman–Crippen MR) is 109 cm³/mol. The third-order valence-electron chi connectivity index (χ3n) is 4.69. The molecule has 4 rings (SSSR count). The monoisotopic (exact) mass is 392 g/mol. The first-order valence-corrected chi connectivity index (χ1v) is 8.87. The molecule has 0 spiro atoms. The molecule has 0 fully saturated rings. The SMILES string of the molecule is COc1cc(-n2c(-c3ccc(O)cc3O)nc3ccccc32)cc(OC)c1OC. The molecule has 0 saturated heterocycles. The molecule has 2 N–H and O–H groups in total. The van der Waals surface area contributed by atoms with Crippen molar-refractivity contribution in [2.45, 2.75) is 0 Å². The number of aromatic nitrogens is 2. The van der Waals surface area contributed by atoms with Crippen LogP contribution in [-0.4, -0.2) is 41.1 Å². The predicted octanol–water partition coefficient (Wildman–Crippen LogP) is 4.13. The lowest BCUT2D eigenvalue weighted by atomic mass is 10.1. The van der Waals surface area contributed by atoms with Crippen molar-refractivity contribution in [2.24, 2.45) is 0 Å². The largest absolute Gasteiger partial charge is 0.508 e. The van der Waals surface area contributed by atoms with E-state index >= 15 is 0 Å². The second-order valence-electron chi connectivity index (χ2n) is 6.34. The highest BCUT2D eigenvalue weighted by atomic mass is 16.5. The minimum absolute atomic E-state index is 0.0262. The Labute approximate surface area is 167 Å². The van der Waals surface area contributed by atoms with Gasteiger partial charge in [-0.3, -0.25) is 4.57 Å². The summed E-state index contributed by atoms with van der Waals surface area (Å²) in [4.78, 5) is 4.71. The number of phenolic OH excluding ortho intramolecular Hbond substituents is 2. The molecule has 1 aromatic heterocycles. The Balaban J connectivity index is 2.06. The van der Waals surface area contributed by atoms with Crippen LogP contribution in [0.4, 0.5) is 0 Å². The van der Waals surface area contributed by atoms with Crippen molar-refractivity contribution in [3.63, 3.8) is 0 Å². The number of nitrogens with zero attached hydrogens (tertiary/aromatic N) is 2. The lowest BCUT2D eigenvalue weighted by Gasteiger charge is -2.16. The quantitative estimate of drug-likeness (QED) is 0.531. The maximum atomic E-state index is 10.4. The molecule has 0 aliphatic heterocycles. The molecule has 4 aromatic rings. The highest BCUT2D eigenvalue weighted by molar-refractivity contribution is 5.85. The number of imidazole rings is 1. The van der Waals surface area contributed by atoms with Crippen LogP contribution in [0, 0.1) is 0 Å². The van der Waals surface area contributed by atoms with Gasteiger partial charge in [0.1, 0.15) is 17.3 Å². The third kappa shape index (κ3) is 3.06. The second kappa shape index (κ2) is 7.27. The third-order valence-corrected chi connectivity index (χ3v) is 4.69. The van der Waals surface area contributed by atoms with Gasteiger partial charge in [0.05, 0.1) is 43.6 Å². The Morgan fingerprint density at radius 2 is 1.52 bits per heavy atom. The zero-order chi connectivity index (χ0) is 20.5. The average Bonchev–Trinajstić information content (AvgIpc) is 3.11. The summed E-state index contributed by atoms with van der Waals surface area (Å²) in [6.45, 7) is 0. The van der Waals surface area contributed by atoms with E-state index in [4.69, 9.17) is 19.2 Å². The van der Waals surface area contributed by atoms with Crippen molar-refractivity contribution in [3.8, 4) is 45.8 Å². The molecule has 148 valence electrons. The summed E-state index contributed by atoms with van der Waals surface area (Å²) < 4.78 is 18.3. The van der Waals surface area contributed by atoms with E-state index in [1.807, 2.05) is 41.0 Å². The van der Waals surface area contributed by atoms with Gasteiger partial charge in [-0.25, -0.2) is 4.98 Å². The summed E-state index contributed by atoms with van der Waals surface area (Å²) in [6, 6.07) is 15.7. The maximum Gasteiger partial charge on any atom is 0.203 e. The summed E-state index contributed by atoms with van der Waals surface area (Å²) in [7, 11) is 4.66. The molecule has 7 heteroatoms. The Morgan fingerprint density at radius 1 is 0.828 bits per heavy atom. The van der Waals surface area contributed by atoms with Gasteiger partial charge in [0.2, 0.25) is 5.75 Å². The van der Waals surface area contributed by atoms with E-state index < -0.39 is 0 Å². The minimum atomic E-state index is -0.0750. The van der Waals surface area contributed by atoms with Crippen molar-refractivity contribution in [1.82, 2.24) is 9.55 Å². The van der Waals surface area contributed by atoms with Gasteiger partial charge in [-0.05, 0) is 24.3 Å². The molecule has 3 aromatic carbocycles. The summed E-state index contributed by atoms with van der Waals surface area (Å²) in [5.41, 5.74) is 2.79. The van der Waals surface area contributed by atoms with Gasteiger partial charge < -0.3 is 24.4 Å². The normalized spacial score (nSPS) is 10.9. The molecular weight excluding hydrogens is 372 g/mol. The lowest BCUT2D eigenvalue weighted by Crippen LogP contribution is -2.01. The van der Waals surface area contributed by atoms with E-state index in [0.29, 0.717) is 28.6 Å². The van der Waals surface area contributed by atoms with E-state index in [1.54, 1.807) is 27.4 Å². The fourth-order valence-electron chi connectivity index (χ4n) is 3.37. The van der Waals surface area contributed by atoms with Crippen LogP contribution < -0.4 is 14.2 Å². The number of aromatic hydroxyl groups is 2. The zero-order valence-electron chi connectivity index (χ0n) is 16.2. The smallest absolute Gasteiger partial charge is 0.203 e. The number of ether oxygens (including phenoxy) is 3. The van der Waals surface area contributed by atoms with Crippen LogP contribution in [0.1, 0.15) is 0 Å². The first-order chi connectivity index (χ1) is 14.1. The van der Waals surface area contributed by atoms with Crippen LogP contribution in [-0.2, 0) is 0 Å². The fraction of sp³-hybridized carbons (Fsp3) is 0.136. The number of hydrogen-bond acceptors (Lipinski definition) is 6. The van der Waals surface area contributed by atoms with Gasteiger partial charge in [-0.15, -0.1) is 0 Å². The zero-order valence-corrected chi connectivity index (χ0v) is 16.2. The first kappa shape index (κ1) is 18.5. The summed E-state index contributed by atoms with van der Waals surface area (Å²) in [5, 5.41) is 20.1. The summed E-state index contributed by atoms with van der Waals surface area (Å²) in [5.74, 6) is 1.90. The van der Waals surface area contributed by atoms with Crippen LogP contribution >= 0.6 is 0 Å². The maximum absolute atomic E-state index is 10.4. The minimum Gasteiger partial charge on any atom is -0.508 e. The van der Waals surface area contributed by atoms with Gasteiger partial charge in [-0.2, -0.15) is 0 Å². The van der Waals surface area contributed by atoms with Crippen LogP contribution in [0.3, 0.4) is 0 Å². The molecule has 0 aliphatic rings. The van der Waals surface area contributed by atoms with Gasteiger partial charge in [0.25, 0.3) is 0 Å².